The predicted molar refractivity (Wildman–Crippen MR) is 79.9 cm³/mol. The Labute approximate surface area is 151 Å². The molecule has 0 spiro atoms. The van der Waals surface area contributed by atoms with E-state index >= 15 is 0 Å². The van der Waals surface area contributed by atoms with Gasteiger partial charge in [0, 0.05) is 0 Å². The van der Waals surface area contributed by atoms with Gasteiger partial charge in [0.15, 0.2) is 0 Å². The van der Waals surface area contributed by atoms with Crippen LogP contribution in [0.3, 0.4) is 0 Å². The molecule has 15 heteroatoms. The molecular weight excluding hydrogens is 384 g/mol. The molecule has 0 amide bonds. The van der Waals surface area contributed by atoms with E-state index in [4.69, 9.17) is 20.4 Å². The van der Waals surface area contributed by atoms with Crippen molar-refractivity contribution < 1.29 is 72.8 Å². The first-order valence-corrected chi connectivity index (χ1v) is 6.54. The number of carboxylic acid groups (broad SMARTS) is 4. The normalized spacial score (nSPS) is 9.44. The van der Waals surface area contributed by atoms with E-state index in [1.54, 1.807) is 0 Å². The van der Waals surface area contributed by atoms with Crippen molar-refractivity contribution in [2.24, 2.45) is 0 Å². The van der Waals surface area contributed by atoms with Crippen LogP contribution in [0.15, 0.2) is 0 Å². The molecule has 0 aromatic rings. The van der Waals surface area contributed by atoms with E-state index in [2.05, 4.69) is 28.4 Å². The van der Waals surface area contributed by atoms with Gasteiger partial charge in [0.25, 0.3) is 0 Å². The van der Waals surface area contributed by atoms with E-state index in [9.17, 15) is 24.0 Å². The molecule has 0 aromatic heterocycles. The molecular formula is C12H20O15. The summed E-state index contributed by atoms with van der Waals surface area (Å²) in [7, 11) is 2.51. The quantitative estimate of drug-likeness (QED) is 0.280. The lowest BCUT2D eigenvalue weighted by Crippen LogP contribution is -2.20. The number of hydrogen-bond acceptors (Lipinski definition) is 11. The molecule has 0 fully saturated rings. The third-order valence-corrected chi connectivity index (χ3v) is 1.61. The average Bonchev–Trinajstić information content (AvgIpc) is 2.56. The van der Waals surface area contributed by atoms with E-state index < -0.39 is 36.9 Å². The number of carbonyl (C=O) groups excluding carboxylic acids is 1. The van der Waals surface area contributed by atoms with Crippen LogP contribution in [0, 0.1) is 0 Å². The standard InChI is InChI=1S/C5H8O6.C4H6O6.C3H6O3/c1-3(11-5(8)9)2-10-4(6)7;5-3(6)9-1-2-10-4(7)8;1-5-3(4)6-2/h3H,2H2,1H3,(H,6,7)(H,8,9);1-2H2,(H,5,6)(H,7,8);1-2H3. The van der Waals surface area contributed by atoms with Gasteiger partial charge in [-0.15, -0.1) is 0 Å². The Kier molecular flexibility index (Phi) is 19.5. The van der Waals surface area contributed by atoms with Crippen molar-refractivity contribution in [2.45, 2.75) is 13.0 Å². The lowest BCUT2D eigenvalue weighted by Gasteiger charge is -2.08. The molecule has 1 unspecified atom stereocenters. The largest absolute Gasteiger partial charge is 0.507 e. The first kappa shape index (κ1) is 28.2. The zero-order chi connectivity index (χ0) is 21.8. The maximum atomic E-state index is 9.83. The van der Waals surface area contributed by atoms with Gasteiger partial charge in [0.05, 0.1) is 14.2 Å². The number of rotatable bonds is 6. The third-order valence-electron chi connectivity index (χ3n) is 1.61. The topological polar surface area (TPSA) is 222 Å². The molecule has 0 saturated carbocycles. The van der Waals surface area contributed by atoms with Crippen molar-refractivity contribution in [1.29, 1.82) is 0 Å². The average molecular weight is 404 g/mol. The van der Waals surface area contributed by atoms with Crippen LogP contribution >= 0.6 is 0 Å². The van der Waals surface area contributed by atoms with Crippen molar-refractivity contribution in [3.63, 3.8) is 0 Å². The maximum absolute atomic E-state index is 9.83. The van der Waals surface area contributed by atoms with Crippen molar-refractivity contribution >= 4 is 30.8 Å². The second kappa shape index (κ2) is 18.7. The van der Waals surface area contributed by atoms with E-state index in [1.807, 2.05) is 0 Å². The molecule has 0 saturated heterocycles. The highest BCUT2D eigenvalue weighted by molar-refractivity contribution is 5.59. The van der Waals surface area contributed by atoms with Crippen molar-refractivity contribution in [2.75, 3.05) is 34.0 Å². The van der Waals surface area contributed by atoms with Gasteiger partial charge in [-0.1, -0.05) is 0 Å². The molecule has 0 bridgehead atoms. The third kappa shape index (κ3) is 34.6. The van der Waals surface area contributed by atoms with Crippen molar-refractivity contribution in [3.05, 3.63) is 0 Å². The minimum Gasteiger partial charge on any atom is -0.450 e. The Balaban J connectivity index is -0.000000334. The molecule has 0 aliphatic rings. The first-order chi connectivity index (χ1) is 12.5. The fourth-order valence-corrected chi connectivity index (χ4v) is 0.736. The van der Waals surface area contributed by atoms with Crippen LogP contribution in [0.5, 0.6) is 0 Å². The SMILES string of the molecule is CC(COC(=O)O)OC(=O)O.COC(=O)OC.O=C(O)OCCOC(=O)O. The molecule has 0 heterocycles. The molecule has 0 aromatic carbocycles. The van der Waals surface area contributed by atoms with Crippen LogP contribution in [-0.2, 0) is 28.4 Å². The summed E-state index contributed by atoms with van der Waals surface area (Å²) in [6.07, 6.45) is -7.24. The number of carbonyl (C=O) groups is 5. The summed E-state index contributed by atoms with van der Waals surface area (Å²) in [5.41, 5.74) is 0. The van der Waals surface area contributed by atoms with Crippen LogP contribution in [0.4, 0.5) is 24.0 Å². The minimum atomic E-state index is -1.45. The number of methoxy groups -OCH3 is 2. The summed E-state index contributed by atoms with van der Waals surface area (Å²) < 4.78 is 24.1. The maximum Gasteiger partial charge on any atom is 0.507 e. The highest BCUT2D eigenvalue weighted by atomic mass is 16.7. The molecule has 0 aliphatic carbocycles. The van der Waals surface area contributed by atoms with Gasteiger partial charge >= 0.3 is 30.8 Å². The predicted octanol–water partition coefficient (Wildman–Crippen LogP) is 1.54. The first-order valence-electron chi connectivity index (χ1n) is 6.54. The summed E-state index contributed by atoms with van der Waals surface area (Å²) in [6, 6.07) is 0. The molecule has 1 atom stereocenters. The van der Waals surface area contributed by atoms with Crippen LogP contribution in [-0.4, -0.2) is 91.3 Å². The Bertz CT molecular complexity index is 438. The van der Waals surface area contributed by atoms with E-state index in [0.29, 0.717) is 0 Å². The van der Waals surface area contributed by atoms with Gasteiger partial charge in [-0.3, -0.25) is 0 Å². The van der Waals surface area contributed by atoms with Gasteiger partial charge in [0.1, 0.15) is 25.9 Å². The summed E-state index contributed by atoms with van der Waals surface area (Å²) in [5.74, 6) is 0. The van der Waals surface area contributed by atoms with E-state index in [-0.39, 0.29) is 19.8 Å². The summed E-state index contributed by atoms with van der Waals surface area (Å²) >= 11 is 0. The second-order valence-electron chi connectivity index (χ2n) is 3.66. The van der Waals surface area contributed by atoms with Crippen LogP contribution < -0.4 is 0 Å². The van der Waals surface area contributed by atoms with Crippen LogP contribution in [0.1, 0.15) is 6.92 Å². The smallest absolute Gasteiger partial charge is 0.450 e. The molecule has 4 N–H and O–H groups in total. The van der Waals surface area contributed by atoms with Crippen LogP contribution in [0.2, 0.25) is 0 Å². The Morgan fingerprint density at radius 3 is 1.30 bits per heavy atom. The Morgan fingerprint density at radius 1 is 0.704 bits per heavy atom. The van der Waals surface area contributed by atoms with Gasteiger partial charge in [-0.05, 0) is 6.92 Å². The monoisotopic (exact) mass is 404 g/mol. The van der Waals surface area contributed by atoms with Crippen molar-refractivity contribution in [1.82, 2.24) is 0 Å². The Morgan fingerprint density at radius 2 is 1.07 bits per heavy atom. The highest BCUT2D eigenvalue weighted by Crippen LogP contribution is 1.92. The zero-order valence-corrected chi connectivity index (χ0v) is 14.5. The minimum absolute atomic E-state index is 0.276. The van der Waals surface area contributed by atoms with Crippen molar-refractivity contribution in [3.8, 4) is 0 Å². The van der Waals surface area contributed by atoms with Gasteiger partial charge < -0.3 is 48.8 Å². The Hall–Kier alpha value is -3.65. The lowest BCUT2D eigenvalue weighted by molar-refractivity contribution is 0.0122. The van der Waals surface area contributed by atoms with Gasteiger partial charge in [-0.2, -0.15) is 0 Å². The zero-order valence-electron chi connectivity index (χ0n) is 14.5. The van der Waals surface area contributed by atoms with E-state index in [0.717, 1.165) is 0 Å². The number of hydrogen-bond donors (Lipinski definition) is 4. The summed E-state index contributed by atoms with van der Waals surface area (Å²) in [4.78, 5) is 48.6. The summed E-state index contributed by atoms with van der Waals surface area (Å²) in [5, 5.41) is 31.7. The molecule has 158 valence electrons. The molecule has 0 aliphatic heterocycles. The van der Waals surface area contributed by atoms with E-state index in [1.165, 1.54) is 21.1 Å². The van der Waals surface area contributed by atoms with Gasteiger partial charge in [0.2, 0.25) is 0 Å². The molecule has 27 heavy (non-hydrogen) atoms. The summed E-state index contributed by atoms with van der Waals surface area (Å²) in [6.45, 7) is 0.544. The lowest BCUT2D eigenvalue weighted by atomic mass is 10.4. The molecule has 0 rings (SSSR count). The molecule has 15 nitrogen and oxygen atoms in total. The number of ether oxygens (including phenoxy) is 6. The van der Waals surface area contributed by atoms with Gasteiger partial charge in [-0.25, -0.2) is 24.0 Å². The molecule has 0 radical (unpaired) electrons. The van der Waals surface area contributed by atoms with Crippen LogP contribution in [0.25, 0.3) is 0 Å². The second-order valence-corrected chi connectivity index (χ2v) is 3.66. The highest BCUT2D eigenvalue weighted by Gasteiger charge is 2.09. The fourth-order valence-electron chi connectivity index (χ4n) is 0.736. The fraction of sp³-hybridized carbons (Fsp3) is 0.583.